The lowest BCUT2D eigenvalue weighted by atomic mass is 10.2. The number of nitrogens with zero attached hydrogens (tertiary/aromatic N) is 6. The average molecular weight is 352 g/mol. The number of rotatable bonds is 6. The molecule has 1 unspecified atom stereocenters. The number of fused-ring (bicyclic) bond motifs is 1. The van der Waals surface area contributed by atoms with E-state index in [2.05, 4.69) is 33.3 Å². The van der Waals surface area contributed by atoms with E-state index < -0.39 is 10.0 Å². The van der Waals surface area contributed by atoms with Crippen molar-refractivity contribution >= 4 is 10.0 Å². The molecule has 3 rings (SSSR count). The van der Waals surface area contributed by atoms with Gasteiger partial charge in [-0.25, -0.2) is 18.4 Å². The Kier molecular flexibility index (Phi) is 4.75. The number of sulfonamides is 1. The van der Waals surface area contributed by atoms with E-state index in [1.807, 2.05) is 0 Å². The van der Waals surface area contributed by atoms with E-state index in [4.69, 9.17) is 0 Å². The summed E-state index contributed by atoms with van der Waals surface area (Å²) in [6, 6.07) is 0.0506. The molecular weight excluding hydrogens is 328 g/mol. The van der Waals surface area contributed by atoms with Crippen LogP contribution >= 0.6 is 0 Å². The van der Waals surface area contributed by atoms with Crippen LogP contribution in [0.25, 0.3) is 0 Å². The first-order valence-electron chi connectivity index (χ1n) is 8.16. The molecule has 0 amide bonds. The standard InChI is InChI=1S/C15H24N6O2S/c1-4-19(5-2)7-14-9-20(8-13-6-16-11-21(13)14)24(22,23)15-10-18(3)12-17-15/h6,10-12,14H,4-5,7-9H2,1-3H3. The zero-order chi connectivity index (χ0) is 17.3. The van der Waals surface area contributed by atoms with Crippen molar-refractivity contribution in [3.63, 3.8) is 0 Å². The van der Waals surface area contributed by atoms with Gasteiger partial charge in [0, 0.05) is 32.5 Å². The molecule has 0 radical (unpaired) electrons. The van der Waals surface area contributed by atoms with Gasteiger partial charge in [-0.05, 0) is 13.1 Å². The summed E-state index contributed by atoms with van der Waals surface area (Å²) < 4.78 is 31.1. The van der Waals surface area contributed by atoms with Gasteiger partial charge in [-0.3, -0.25) is 0 Å². The third-order valence-corrected chi connectivity index (χ3v) is 6.24. The Hall–Kier alpha value is -1.71. The summed E-state index contributed by atoms with van der Waals surface area (Å²) in [6.45, 7) is 7.65. The maximum atomic E-state index is 12.9. The molecule has 24 heavy (non-hydrogen) atoms. The van der Waals surface area contributed by atoms with Gasteiger partial charge in [-0.2, -0.15) is 4.31 Å². The monoisotopic (exact) mass is 352 g/mol. The van der Waals surface area contributed by atoms with Gasteiger partial charge in [-0.1, -0.05) is 13.8 Å². The molecule has 0 fully saturated rings. The Morgan fingerprint density at radius 3 is 2.67 bits per heavy atom. The topological polar surface area (TPSA) is 76.3 Å². The molecule has 3 heterocycles. The third-order valence-electron chi connectivity index (χ3n) is 4.54. The molecule has 0 saturated carbocycles. The molecule has 0 N–H and O–H groups in total. The second-order valence-corrected chi connectivity index (χ2v) is 7.99. The zero-order valence-electron chi connectivity index (χ0n) is 14.3. The molecule has 0 saturated heterocycles. The number of hydrogen-bond donors (Lipinski definition) is 0. The Morgan fingerprint density at radius 1 is 1.29 bits per heavy atom. The van der Waals surface area contributed by atoms with Crippen LogP contribution in [0.4, 0.5) is 0 Å². The van der Waals surface area contributed by atoms with Crippen molar-refractivity contribution in [2.24, 2.45) is 7.05 Å². The van der Waals surface area contributed by atoms with Crippen molar-refractivity contribution in [3.8, 4) is 0 Å². The van der Waals surface area contributed by atoms with Gasteiger partial charge in [0.05, 0.1) is 30.9 Å². The van der Waals surface area contributed by atoms with E-state index >= 15 is 0 Å². The molecule has 132 valence electrons. The largest absolute Gasteiger partial charge is 0.339 e. The molecule has 2 aromatic rings. The number of aromatic nitrogens is 4. The van der Waals surface area contributed by atoms with Crippen LogP contribution in [0.3, 0.4) is 0 Å². The quantitative estimate of drug-likeness (QED) is 0.765. The summed E-state index contributed by atoms with van der Waals surface area (Å²) in [6.07, 6.45) is 6.60. The predicted molar refractivity (Wildman–Crippen MR) is 89.9 cm³/mol. The molecule has 1 aliphatic heterocycles. The van der Waals surface area contributed by atoms with E-state index in [1.165, 1.54) is 10.6 Å². The van der Waals surface area contributed by atoms with E-state index in [0.29, 0.717) is 13.1 Å². The van der Waals surface area contributed by atoms with Crippen LogP contribution < -0.4 is 0 Å². The summed E-state index contributed by atoms with van der Waals surface area (Å²) in [7, 11) is -1.84. The van der Waals surface area contributed by atoms with Crippen LogP contribution in [0.15, 0.2) is 30.1 Å². The van der Waals surface area contributed by atoms with Gasteiger partial charge in [0.25, 0.3) is 10.0 Å². The summed E-state index contributed by atoms with van der Waals surface area (Å²) in [5.41, 5.74) is 0.915. The minimum Gasteiger partial charge on any atom is -0.339 e. The summed E-state index contributed by atoms with van der Waals surface area (Å²) in [5.74, 6) is 0. The van der Waals surface area contributed by atoms with E-state index in [9.17, 15) is 8.42 Å². The van der Waals surface area contributed by atoms with Gasteiger partial charge in [0.2, 0.25) is 0 Å². The van der Waals surface area contributed by atoms with E-state index in [-0.39, 0.29) is 11.1 Å². The number of aryl methyl sites for hydroxylation is 1. The van der Waals surface area contributed by atoms with Crippen LogP contribution in [0.2, 0.25) is 0 Å². The normalized spacial score (nSPS) is 18.9. The highest BCUT2D eigenvalue weighted by atomic mass is 32.2. The predicted octanol–water partition coefficient (Wildman–Crippen LogP) is 0.704. The first kappa shape index (κ1) is 17.1. The molecule has 0 aliphatic carbocycles. The molecule has 0 bridgehead atoms. The minimum atomic E-state index is -3.60. The van der Waals surface area contributed by atoms with Crippen LogP contribution in [0, 0.1) is 0 Å². The van der Waals surface area contributed by atoms with Gasteiger partial charge in [0.15, 0.2) is 5.03 Å². The lowest BCUT2D eigenvalue weighted by Crippen LogP contribution is -2.44. The van der Waals surface area contributed by atoms with Gasteiger partial charge in [0.1, 0.15) is 0 Å². The molecule has 1 aliphatic rings. The molecule has 0 aromatic carbocycles. The fraction of sp³-hybridized carbons (Fsp3) is 0.600. The van der Waals surface area contributed by atoms with Crippen molar-refractivity contribution in [3.05, 3.63) is 30.7 Å². The molecule has 1 atom stereocenters. The van der Waals surface area contributed by atoms with Crippen LogP contribution in [-0.4, -0.2) is 62.9 Å². The van der Waals surface area contributed by atoms with Gasteiger partial charge >= 0.3 is 0 Å². The van der Waals surface area contributed by atoms with Gasteiger partial charge < -0.3 is 14.0 Å². The van der Waals surface area contributed by atoms with Crippen molar-refractivity contribution in [2.75, 3.05) is 26.2 Å². The number of likely N-dealkylation sites (N-methyl/N-ethyl adjacent to an activating group) is 1. The minimum absolute atomic E-state index is 0.0506. The Bertz CT molecular complexity index is 793. The second-order valence-electron chi connectivity index (χ2n) is 6.11. The van der Waals surface area contributed by atoms with Crippen molar-refractivity contribution in [1.29, 1.82) is 0 Å². The Labute approximate surface area is 142 Å². The fourth-order valence-electron chi connectivity index (χ4n) is 3.11. The fourth-order valence-corrected chi connectivity index (χ4v) is 4.53. The lowest BCUT2D eigenvalue weighted by molar-refractivity contribution is 0.201. The third kappa shape index (κ3) is 3.11. The molecular formula is C15H24N6O2S. The van der Waals surface area contributed by atoms with Crippen molar-refractivity contribution < 1.29 is 8.42 Å². The first-order chi connectivity index (χ1) is 11.5. The van der Waals surface area contributed by atoms with Crippen LogP contribution in [0.1, 0.15) is 25.6 Å². The van der Waals surface area contributed by atoms with Crippen molar-refractivity contribution in [1.82, 2.24) is 28.3 Å². The highest BCUT2D eigenvalue weighted by Gasteiger charge is 2.34. The van der Waals surface area contributed by atoms with E-state index in [0.717, 1.165) is 25.3 Å². The SMILES string of the molecule is CCN(CC)CC1CN(S(=O)(=O)c2cn(C)cn2)Cc2cncn21. The molecule has 9 heteroatoms. The molecule has 8 nitrogen and oxygen atoms in total. The summed E-state index contributed by atoms with van der Waals surface area (Å²) >= 11 is 0. The first-order valence-corrected chi connectivity index (χ1v) is 9.60. The highest BCUT2D eigenvalue weighted by Crippen LogP contribution is 2.26. The average Bonchev–Trinajstić information content (AvgIpc) is 3.21. The number of imidazole rings is 2. The number of hydrogen-bond acceptors (Lipinski definition) is 5. The Morgan fingerprint density at radius 2 is 2.04 bits per heavy atom. The summed E-state index contributed by atoms with van der Waals surface area (Å²) in [5, 5.41) is 0.0968. The lowest BCUT2D eigenvalue weighted by Gasteiger charge is -2.35. The molecule has 2 aromatic heterocycles. The van der Waals surface area contributed by atoms with Crippen LogP contribution in [0.5, 0.6) is 0 Å². The smallest absolute Gasteiger partial charge is 0.262 e. The maximum absolute atomic E-state index is 12.9. The van der Waals surface area contributed by atoms with E-state index in [1.54, 1.807) is 30.3 Å². The summed E-state index contributed by atoms with van der Waals surface area (Å²) in [4.78, 5) is 10.5. The highest BCUT2D eigenvalue weighted by molar-refractivity contribution is 7.89. The molecule has 0 spiro atoms. The second kappa shape index (κ2) is 6.66. The van der Waals surface area contributed by atoms with Crippen LogP contribution in [-0.2, 0) is 23.6 Å². The van der Waals surface area contributed by atoms with Crippen molar-refractivity contribution in [2.45, 2.75) is 31.5 Å². The maximum Gasteiger partial charge on any atom is 0.262 e. The zero-order valence-corrected chi connectivity index (χ0v) is 15.1. The Balaban J connectivity index is 1.89. The van der Waals surface area contributed by atoms with Gasteiger partial charge in [-0.15, -0.1) is 0 Å².